The Morgan fingerprint density at radius 1 is 1.15 bits per heavy atom. The molecule has 0 aliphatic heterocycles. The van der Waals surface area contributed by atoms with Gasteiger partial charge in [-0.2, -0.15) is 0 Å². The Labute approximate surface area is 164 Å². The number of nitrogens with zero attached hydrogens (tertiary/aromatic N) is 2. The second-order valence-corrected chi connectivity index (χ2v) is 7.42. The van der Waals surface area contributed by atoms with Gasteiger partial charge in [-0.1, -0.05) is 30.9 Å². The van der Waals surface area contributed by atoms with Gasteiger partial charge in [0.15, 0.2) is 0 Å². The molecule has 2 amide bonds. The second-order valence-electron chi connectivity index (χ2n) is 7.06. The van der Waals surface area contributed by atoms with Gasteiger partial charge in [-0.25, -0.2) is 4.98 Å². The number of nitrogens with one attached hydrogen (secondary N) is 1. The summed E-state index contributed by atoms with van der Waals surface area (Å²) in [4.78, 5) is 30.6. The van der Waals surface area contributed by atoms with E-state index in [1.54, 1.807) is 41.3 Å². The summed E-state index contributed by atoms with van der Waals surface area (Å²) in [5.41, 5.74) is 1.53. The van der Waals surface area contributed by atoms with Crippen molar-refractivity contribution < 1.29 is 9.59 Å². The summed E-state index contributed by atoms with van der Waals surface area (Å²) in [7, 11) is 1.86. The van der Waals surface area contributed by atoms with E-state index in [1.165, 1.54) is 38.3 Å². The lowest BCUT2D eigenvalue weighted by Gasteiger charge is -2.27. The SMILES string of the molecule is CN(CC1CCCCC1)C(=O)c1ccc(NC(=O)c2cccnc2Cl)cc1. The summed E-state index contributed by atoms with van der Waals surface area (Å²) < 4.78 is 0. The Morgan fingerprint density at radius 2 is 1.85 bits per heavy atom. The van der Waals surface area contributed by atoms with Crippen LogP contribution in [0.2, 0.25) is 5.15 Å². The molecule has 0 radical (unpaired) electrons. The first-order valence-electron chi connectivity index (χ1n) is 9.32. The largest absolute Gasteiger partial charge is 0.341 e. The Bertz CT molecular complexity index is 801. The molecule has 2 aromatic rings. The molecule has 0 spiro atoms. The van der Waals surface area contributed by atoms with Gasteiger partial charge >= 0.3 is 0 Å². The third-order valence-electron chi connectivity index (χ3n) is 5.00. The lowest BCUT2D eigenvalue weighted by molar-refractivity contribution is 0.0760. The van der Waals surface area contributed by atoms with Crippen LogP contribution in [0.1, 0.15) is 52.8 Å². The van der Waals surface area contributed by atoms with Gasteiger partial charge in [0.1, 0.15) is 5.15 Å². The van der Waals surface area contributed by atoms with E-state index in [2.05, 4.69) is 10.3 Å². The maximum Gasteiger partial charge on any atom is 0.258 e. The molecule has 1 N–H and O–H groups in total. The van der Waals surface area contributed by atoms with Crippen molar-refractivity contribution in [3.63, 3.8) is 0 Å². The van der Waals surface area contributed by atoms with Gasteiger partial charge in [0.2, 0.25) is 0 Å². The Morgan fingerprint density at radius 3 is 2.52 bits per heavy atom. The summed E-state index contributed by atoms with van der Waals surface area (Å²) >= 11 is 5.94. The maximum atomic E-state index is 12.6. The minimum atomic E-state index is -0.332. The van der Waals surface area contributed by atoms with E-state index in [4.69, 9.17) is 11.6 Å². The lowest BCUT2D eigenvalue weighted by atomic mass is 9.89. The number of pyridine rings is 1. The zero-order valence-corrected chi connectivity index (χ0v) is 16.2. The van der Waals surface area contributed by atoms with Crippen molar-refractivity contribution >= 4 is 29.1 Å². The first-order chi connectivity index (χ1) is 13.0. The molecule has 1 heterocycles. The van der Waals surface area contributed by atoms with Crippen molar-refractivity contribution in [2.75, 3.05) is 18.9 Å². The molecule has 1 aliphatic rings. The zero-order chi connectivity index (χ0) is 19.2. The molecule has 5 nitrogen and oxygen atoms in total. The highest BCUT2D eigenvalue weighted by atomic mass is 35.5. The number of benzene rings is 1. The number of aromatic nitrogens is 1. The molecule has 6 heteroatoms. The van der Waals surface area contributed by atoms with Crippen LogP contribution < -0.4 is 5.32 Å². The normalized spacial score (nSPS) is 14.6. The van der Waals surface area contributed by atoms with Crippen LogP contribution in [-0.4, -0.2) is 35.3 Å². The molecule has 1 fully saturated rings. The van der Waals surface area contributed by atoms with Crippen LogP contribution in [0, 0.1) is 5.92 Å². The first-order valence-corrected chi connectivity index (χ1v) is 9.70. The molecule has 1 aliphatic carbocycles. The third kappa shape index (κ3) is 5.07. The van der Waals surface area contributed by atoms with Crippen LogP contribution in [0.4, 0.5) is 5.69 Å². The van der Waals surface area contributed by atoms with E-state index in [9.17, 15) is 9.59 Å². The minimum Gasteiger partial charge on any atom is -0.341 e. The molecule has 1 saturated carbocycles. The smallest absolute Gasteiger partial charge is 0.258 e. The van der Waals surface area contributed by atoms with E-state index in [-0.39, 0.29) is 17.0 Å². The molecule has 0 bridgehead atoms. The molecule has 3 rings (SSSR count). The number of amides is 2. The van der Waals surface area contributed by atoms with Gasteiger partial charge in [0, 0.05) is 31.0 Å². The van der Waals surface area contributed by atoms with E-state index in [0.29, 0.717) is 22.7 Å². The van der Waals surface area contributed by atoms with Crippen LogP contribution >= 0.6 is 11.6 Å². The Kier molecular flexibility index (Phi) is 6.45. The van der Waals surface area contributed by atoms with Crippen LogP contribution in [0.3, 0.4) is 0 Å². The molecule has 0 atom stereocenters. The molecule has 142 valence electrons. The van der Waals surface area contributed by atoms with Gasteiger partial charge in [-0.3, -0.25) is 9.59 Å². The average Bonchev–Trinajstić information content (AvgIpc) is 2.69. The standard InChI is InChI=1S/C21H24ClN3O2/c1-25(14-15-6-3-2-4-7-15)21(27)16-9-11-17(12-10-16)24-20(26)18-8-5-13-23-19(18)22/h5,8-13,15H,2-4,6-7,14H2,1H3,(H,24,26). The number of carbonyl (C=O) groups is 2. The van der Waals surface area contributed by atoms with Crippen LogP contribution in [0.15, 0.2) is 42.6 Å². The van der Waals surface area contributed by atoms with Crippen LogP contribution in [-0.2, 0) is 0 Å². The quantitative estimate of drug-likeness (QED) is 0.762. The highest BCUT2D eigenvalue weighted by Crippen LogP contribution is 2.24. The molecular formula is C21H24ClN3O2. The summed E-state index contributed by atoms with van der Waals surface area (Å²) in [6.07, 6.45) is 7.79. The van der Waals surface area contributed by atoms with Crippen molar-refractivity contribution in [3.05, 3.63) is 58.9 Å². The Balaban J connectivity index is 1.60. The number of hydrogen-bond acceptors (Lipinski definition) is 3. The van der Waals surface area contributed by atoms with Gasteiger partial charge in [-0.05, 0) is 55.2 Å². The van der Waals surface area contributed by atoms with Crippen molar-refractivity contribution in [1.29, 1.82) is 0 Å². The van der Waals surface area contributed by atoms with Crippen LogP contribution in [0.25, 0.3) is 0 Å². The van der Waals surface area contributed by atoms with Gasteiger partial charge in [0.25, 0.3) is 11.8 Å². The molecule has 1 aromatic heterocycles. The highest BCUT2D eigenvalue weighted by molar-refractivity contribution is 6.33. The number of carbonyl (C=O) groups excluding carboxylic acids is 2. The predicted molar refractivity (Wildman–Crippen MR) is 107 cm³/mol. The van der Waals surface area contributed by atoms with Crippen molar-refractivity contribution in [2.45, 2.75) is 32.1 Å². The summed E-state index contributed by atoms with van der Waals surface area (Å²) in [5.74, 6) is 0.283. The number of hydrogen-bond donors (Lipinski definition) is 1. The topological polar surface area (TPSA) is 62.3 Å². The van der Waals surface area contributed by atoms with E-state index in [1.807, 2.05) is 7.05 Å². The van der Waals surface area contributed by atoms with E-state index >= 15 is 0 Å². The maximum absolute atomic E-state index is 12.6. The van der Waals surface area contributed by atoms with Crippen LogP contribution in [0.5, 0.6) is 0 Å². The summed E-state index contributed by atoms with van der Waals surface area (Å²) in [5, 5.41) is 2.93. The highest BCUT2D eigenvalue weighted by Gasteiger charge is 2.19. The second kappa shape index (κ2) is 9.00. The summed E-state index contributed by atoms with van der Waals surface area (Å²) in [6, 6.07) is 10.2. The molecule has 0 unspecified atom stereocenters. The van der Waals surface area contributed by atoms with E-state index < -0.39 is 0 Å². The molecule has 1 aromatic carbocycles. The fourth-order valence-electron chi connectivity index (χ4n) is 3.51. The zero-order valence-electron chi connectivity index (χ0n) is 15.5. The number of halogens is 1. The van der Waals surface area contributed by atoms with Crippen molar-refractivity contribution in [3.8, 4) is 0 Å². The van der Waals surface area contributed by atoms with Crippen molar-refractivity contribution in [2.24, 2.45) is 5.92 Å². The fourth-order valence-corrected chi connectivity index (χ4v) is 3.72. The molecular weight excluding hydrogens is 362 g/mol. The molecule has 27 heavy (non-hydrogen) atoms. The van der Waals surface area contributed by atoms with Crippen molar-refractivity contribution in [1.82, 2.24) is 9.88 Å². The fraction of sp³-hybridized carbons (Fsp3) is 0.381. The number of rotatable bonds is 5. The average molecular weight is 386 g/mol. The molecule has 0 saturated heterocycles. The number of anilines is 1. The summed E-state index contributed by atoms with van der Waals surface area (Å²) in [6.45, 7) is 0.802. The van der Waals surface area contributed by atoms with Gasteiger partial charge < -0.3 is 10.2 Å². The first kappa shape index (κ1) is 19.4. The Hall–Kier alpha value is -2.40. The predicted octanol–water partition coefficient (Wildman–Crippen LogP) is 4.64. The van der Waals surface area contributed by atoms with E-state index in [0.717, 1.165) is 6.54 Å². The van der Waals surface area contributed by atoms with Gasteiger partial charge in [0.05, 0.1) is 5.56 Å². The lowest BCUT2D eigenvalue weighted by Crippen LogP contribution is -2.32. The minimum absolute atomic E-state index is 0.00811. The third-order valence-corrected chi connectivity index (χ3v) is 5.30. The monoisotopic (exact) mass is 385 g/mol. The van der Waals surface area contributed by atoms with Gasteiger partial charge in [-0.15, -0.1) is 0 Å².